The first kappa shape index (κ1) is 11.6. The van der Waals surface area contributed by atoms with Gasteiger partial charge in [0.15, 0.2) is 0 Å². The zero-order chi connectivity index (χ0) is 12.4. The number of nitrogens with zero attached hydrogens (tertiary/aromatic N) is 1. The van der Waals surface area contributed by atoms with Crippen LogP contribution in [0.1, 0.15) is 17.4 Å². The highest BCUT2D eigenvalue weighted by Gasteiger charge is 2.20. The van der Waals surface area contributed by atoms with Crippen molar-refractivity contribution in [1.29, 1.82) is 0 Å². The van der Waals surface area contributed by atoms with E-state index in [0.717, 1.165) is 24.3 Å². The normalized spacial score (nSPS) is 12.5. The first-order valence-corrected chi connectivity index (χ1v) is 4.83. The van der Waals surface area contributed by atoms with Crippen molar-refractivity contribution in [2.24, 2.45) is 0 Å². The molecule has 88 valence electrons. The van der Waals surface area contributed by atoms with Gasteiger partial charge in [0.05, 0.1) is 0 Å². The van der Waals surface area contributed by atoms with E-state index in [1.807, 2.05) is 0 Å². The predicted octanol–water partition coefficient (Wildman–Crippen LogP) is 2.58. The lowest BCUT2D eigenvalue weighted by molar-refractivity contribution is 0.203. The van der Waals surface area contributed by atoms with Crippen LogP contribution in [-0.2, 0) is 0 Å². The van der Waals surface area contributed by atoms with Crippen LogP contribution in [-0.4, -0.2) is 10.1 Å². The number of hydrogen-bond acceptors (Lipinski definition) is 2. The van der Waals surface area contributed by atoms with E-state index in [-0.39, 0.29) is 11.3 Å². The average molecular weight is 239 g/mol. The lowest BCUT2D eigenvalue weighted by atomic mass is 10.0. The maximum atomic E-state index is 13.4. The van der Waals surface area contributed by atoms with E-state index in [1.54, 1.807) is 0 Å². The van der Waals surface area contributed by atoms with Crippen LogP contribution in [0, 0.1) is 17.5 Å². The minimum absolute atomic E-state index is 0.336. The van der Waals surface area contributed by atoms with E-state index in [2.05, 4.69) is 4.98 Å². The third-order valence-electron chi connectivity index (χ3n) is 2.30. The van der Waals surface area contributed by atoms with Crippen molar-refractivity contribution in [3.05, 3.63) is 65.2 Å². The molecule has 0 amide bonds. The second kappa shape index (κ2) is 4.55. The molecule has 1 aromatic carbocycles. The number of halogens is 3. The minimum atomic E-state index is -1.63. The molecule has 0 aliphatic rings. The number of benzene rings is 1. The first-order chi connectivity index (χ1) is 8.09. The molecule has 0 saturated carbocycles. The lowest BCUT2D eigenvalue weighted by Gasteiger charge is -2.12. The molecule has 1 aromatic heterocycles. The predicted molar refractivity (Wildman–Crippen MR) is 54.6 cm³/mol. The van der Waals surface area contributed by atoms with E-state index >= 15 is 0 Å². The molecule has 0 fully saturated rings. The Bertz CT molecular complexity index is 545. The summed E-state index contributed by atoms with van der Waals surface area (Å²) < 4.78 is 39.6. The smallest absolute Gasteiger partial charge is 0.147 e. The van der Waals surface area contributed by atoms with E-state index in [1.165, 1.54) is 12.3 Å². The van der Waals surface area contributed by atoms with E-state index in [4.69, 9.17) is 0 Å². The van der Waals surface area contributed by atoms with Gasteiger partial charge in [-0.25, -0.2) is 13.2 Å². The molecule has 2 rings (SSSR count). The summed E-state index contributed by atoms with van der Waals surface area (Å²) in [6, 6.07) is 5.03. The number of rotatable bonds is 2. The molecule has 0 radical (unpaired) electrons. The molecule has 1 N–H and O–H groups in total. The molecule has 2 nitrogen and oxygen atoms in total. The molecule has 1 unspecified atom stereocenters. The fraction of sp³-hybridized carbons (Fsp3) is 0.0833. The van der Waals surface area contributed by atoms with Crippen LogP contribution in [0.25, 0.3) is 0 Å². The van der Waals surface area contributed by atoms with Crippen molar-refractivity contribution in [2.75, 3.05) is 0 Å². The molecule has 1 atom stereocenters. The number of aliphatic hydroxyl groups excluding tert-OH is 1. The quantitative estimate of drug-likeness (QED) is 0.873. The maximum Gasteiger partial charge on any atom is 0.147 e. The molecular formula is C12H8F3NO. The summed E-state index contributed by atoms with van der Waals surface area (Å²) in [4.78, 5) is 3.61. The average Bonchev–Trinajstić information content (AvgIpc) is 2.32. The second-order valence-corrected chi connectivity index (χ2v) is 3.44. The van der Waals surface area contributed by atoms with Crippen LogP contribution in [0.2, 0.25) is 0 Å². The largest absolute Gasteiger partial charge is 0.382 e. The van der Waals surface area contributed by atoms with Crippen molar-refractivity contribution >= 4 is 0 Å². The van der Waals surface area contributed by atoms with Gasteiger partial charge in [0, 0.05) is 11.8 Å². The van der Waals surface area contributed by atoms with Gasteiger partial charge >= 0.3 is 0 Å². The molecule has 17 heavy (non-hydrogen) atoms. The molecule has 0 bridgehead atoms. The van der Waals surface area contributed by atoms with Gasteiger partial charge in [-0.1, -0.05) is 0 Å². The summed E-state index contributed by atoms with van der Waals surface area (Å²) >= 11 is 0. The Morgan fingerprint density at radius 3 is 2.53 bits per heavy atom. The van der Waals surface area contributed by atoms with Crippen molar-refractivity contribution < 1.29 is 18.3 Å². The van der Waals surface area contributed by atoms with Crippen LogP contribution >= 0.6 is 0 Å². The van der Waals surface area contributed by atoms with Gasteiger partial charge < -0.3 is 5.11 Å². The van der Waals surface area contributed by atoms with E-state index < -0.39 is 23.6 Å². The van der Waals surface area contributed by atoms with Gasteiger partial charge in [0.25, 0.3) is 0 Å². The maximum absolute atomic E-state index is 13.4. The summed E-state index contributed by atoms with van der Waals surface area (Å²) in [6.07, 6.45) is -0.370. The topological polar surface area (TPSA) is 33.1 Å². The number of pyridine rings is 1. The zero-order valence-corrected chi connectivity index (χ0v) is 8.57. The molecule has 0 aliphatic carbocycles. The number of aliphatic hydroxyl groups is 1. The Balaban J connectivity index is 2.47. The first-order valence-electron chi connectivity index (χ1n) is 4.83. The van der Waals surface area contributed by atoms with E-state index in [9.17, 15) is 18.3 Å². The van der Waals surface area contributed by atoms with Crippen LogP contribution in [0.4, 0.5) is 13.2 Å². The van der Waals surface area contributed by atoms with Gasteiger partial charge in [0.2, 0.25) is 0 Å². The zero-order valence-electron chi connectivity index (χ0n) is 8.57. The molecule has 0 saturated heterocycles. The molecule has 1 heterocycles. The SMILES string of the molecule is OC(c1cc(F)ccc1F)c1ncccc1F. The number of hydrogen-bond donors (Lipinski definition) is 1. The summed E-state index contributed by atoms with van der Waals surface area (Å²) in [7, 11) is 0. The van der Waals surface area contributed by atoms with Gasteiger partial charge in [0.1, 0.15) is 29.2 Å². The Morgan fingerprint density at radius 1 is 1.06 bits per heavy atom. The van der Waals surface area contributed by atoms with Crippen molar-refractivity contribution in [1.82, 2.24) is 4.98 Å². The van der Waals surface area contributed by atoms with Gasteiger partial charge in [-0.05, 0) is 30.3 Å². The third-order valence-corrected chi connectivity index (χ3v) is 2.30. The lowest BCUT2D eigenvalue weighted by Crippen LogP contribution is -2.07. The van der Waals surface area contributed by atoms with Gasteiger partial charge in [-0.15, -0.1) is 0 Å². The molecule has 0 spiro atoms. The number of aromatic nitrogens is 1. The van der Waals surface area contributed by atoms with Gasteiger partial charge in [-0.3, -0.25) is 4.98 Å². The highest BCUT2D eigenvalue weighted by atomic mass is 19.1. The minimum Gasteiger partial charge on any atom is -0.382 e. The Morgan fingerprint density at radius 2 is 1.82 bits per heavy atom. The molecule has 0 aliphatic heterocycles. The Kier molecular flexibility index (Phi) is 3.10. The summed E-state index contributed by atoms with van der Waals surface area (Å²) in [5.41, 5.74) is -0.681. The van der Waals surface area contributed by atoms with Crippen LogP contribution in [0.3, 0.4) is 0 Å². The fourth-order valence-corrected chi connectivity index (χ4v) is 1.47. The monoisotopic (exact) mass is 239 g/mol. The van der Waals surface area contributed by atoms with Crippen LogP contribution in [0.5, 0.6) is 0 Å². The van der Waals surface area contributed by atoms with Crippen molar-refractivity contribution in [3.8, 4) is 0 Å². The molecular weight excluding hydrogens is 231 g/mol. The second-order valence-electron chi connectivity index (χ2n) is 3.44. The van der Waals surface area contributed by atoms with Crippen molar-refractivity contribution in [3.63, 3.8) is 0 Å². The van der Waals surface area contributed by atoms with Crippen LogP contribution in [0.15, 0.2) is 36.5 Å². The standard InChI is InChI=1S/C12H8F3NO/c13-7-3-4-9(14)8(6-7)12(17)11-10(15)2-1-5-16-11/h1-6,12,17H. The summed E-state index contributed by atoms with van der Waals surface area (Å²) in [6.45, 7) is 0. The highest BCUT2D eigenvalue weighted by Crippen LogP contribution is 2.25. The fourth-order valence-electron chi connectivity index (χ4n) is 1.47. The summed E-state index contributed by atoms with van der Waals surface area (Å²) in [5.74, 6) is -2.30. The highest BCUT2D eigenvalue weighted by molar-refractivity contribution is 5.28. The Hall–Kier alpha value is -1.88. The molecule has 5 heteroatoms. The summed E-state index contributed by atoms with van der Waals surface area (Å²) in [5, 5.41) is 9.77. The Labute approximate surface area is 95.4 Å². The van der Waals surface area contributed by atoms with E-state index in [0.29, 0.717) is 0 Å². The van der Waals surface area contributed by atoms with Gasteiger partial charge in [-0.2, -0.15) is 0 Å². The van der Waals surface area contributed by atoms with Crippen molar-refractivity contribution in [2.45, 2.75) is 6.10 Å². The third kappa shape index (κ3) is 2.29. The van der Waals surface area contributed by atoms with Crippen LogP contribution < -0.4 is 0 Å². The molecule has 2 aromatic rings.